The zero-order valence-electron chi connectivity index (χ0n) is 13.8. The fourth-order valence-electron chi connectivity index (χ4n) is 2.88. The minimum atomic E-state index is 0.180. The molecule has 128 valence electrons. The zero-order chi connectivity index (χ0) is 17.3. The van der Waals surface area contributed by atoms with Gasteiger partial charge in [-0.1, -0.05) is 27.5 Å². The maximum atomic E-state index is 12.1. The quantitative estimate of drug-likeness (QED) is 0.779. The van der Waals surface area contributed by atoms with Crippen molar-refractivity contribution in [1.29, 1.82) is 0 Å². The van der Waals surface area contributed by atoms with Gasteiger partial charge in [0.1, 0.15) is 5.82 Å². The van der Waals surface area contributed by atoms with Gasteiger partial charge in [0.2, 0.25) is 5.91 Å². The highest BCUT2D eigenvalue weighted by atomic mass is 79.9. The van der Waals surface area contributed by atoms with E-state index in [1.54, 1.807) is 0 Å². The first kappa shape index (κ1) is 17.5. The van der Waals surface area contributed by atoms with Gasteiger partial charge in [-0.25, -0.2) is 4.98 Å². The highest BCUT2D eigenvalue weighted by Gasteiger charge is 2.22. The van der Waals surface area contributed by atoms with Crippen LogP contribution in [0.25, 0.3) is 10.9 Å². The van der Waals surface area contributed by atoms with Gasteiger partial charge in [-0.05, 0) is 38.4 Å². The molecule has 0 bridgehead atoms. The van der Waals surface area contributed by atoms with Crippen LogP contribution in [0.15, 0.2) is 28.7 Å². The number of hydrogen-bond donors (Lipinski definition) is 0. The number of amides is 1. The largest absolute Gasteiger partial charge is 0.353 e. The van der Waals surface area contributed by atoms with Crippen molar-refractivity contribution in [1.82, 2.24) is 14.8 Å². The Bertz CT molecular complexity index is 760. The minimum Gasteiger partial charge on any atom is -0.353 e. The molecule has 0 radical (unpaired) electrons. The maximum Gasteiger partial charge on any atom is 0.236 e. The van der Waals surface area contributed by atoms with E-state index in [0.29, 0.717) is 11.6 Å². The first-order valence-electron chi connectivity index (χ1n) is 7.87. The lowest BCUT2D eigenvalue weighted by Crippen LogP contribution is -2.50. The van der Waals surface area contributed by atoms with Gasteiger partial charge < -0.3 is 14.7 Å². The molecule has 0 atom stereocenters. The summed E-state index contributed by atoms with van der Waals surface area (Å²) in [4.78, 5) is 22.9. The third-order valence-corrected chi connectivity index (χ3v) is 4.85. The minimum absolute atomic E-state index is 0.180. The van der Waals surface area contributed by atoms with E-state index in [1.165, 1.54) is 0 Å². The van der Waals surface area contributed by atoms with Crippen molar-refractivity contribution in [2.24, 2.45) is 0 Å². The molecule has 1 aliphatic heterocycles. The third-order valence-electron chi connectivity index (χ3n) is 4.10. The smallest absolute Gasteiger partial charge is 0.236 e. The van der Waals surface area contributed by atoms with Crippen LogP contribution in [0.5, 0.6) is 0 Å². The molecule has 1 fully saturated rings. The van der Waals surface area contributed by atoms with E-state index >= 15 is 0 Å². The molecule has 7 heteroatoms. The second kappa shape index (κ2) is 7.25. The number of aromatic nitrogens is 1. The van der Waals surface area contributed by atoms with E-state index in [9.17, 15) is 4.79 Å². The molecule has 0 saturated carbocycles. The molecule has 0 aliphatic carbocycles. The number of hydrogen-bond acceptors (Lipinski definition) is 4. The van der Waals surface area contributed by atoms with E-state index in [0.717, 1.165) is 47.4 Å². The summed E-state index contributed by atoms with van der Waals surface area (Å²) in [5.41, 5.74) is 0.809. The van der Waals surface area contributed by atoms with Crippen LogP contribution in [0.4, 0.5) is 5.82 Å². The topological polar surface area (TPSA) is 39.7 Å². The molecule has 1 aromatic carbocycles. The van der Waals surface area contributed by atoms with Crippen LogP contribution in [0.2, 0.25) is 5.02 Å². The van der Waals surface area contributed by atoms with Crippen LogP contribution in [-0.4, -0.2) is 67.5 Å². The molecule has 1 saturated heterocycles. The normalized spacial score (nSPS) is 15.4. The van der Waals surface area contributed by atoms with Crippen LogP contribution in [-0.2, 0) is 4.79 Å². The lowest BCUT2D eigenvalue weighted by molar-refractivity contribution is -0.132. The number of benzene rings is 1. The molecule has 2 heterocycles. The van der Waals surface area contributed by atoms with Crippen molar-refractivity contribution < 1.29 is 4.79 Å². The van der Waals surface area contributed by atoms with Crippen LogP contribution >= 0.6 is 27.5 Å². The average molecular weight is 412 g/mol. The lowest BCUT2D eigenvalue weighted by atomic mass is 10.2. The number of carbonyl (C=O) groups is 1. The SMILES string of the molecule is CN(C)CC(=O)N1CCN(c2ccc3cc(Br)cc(Cl)c3n2)CC1. The maximum absolute atomic E-state index is 12.1. The van der Waals surface area contributed by atoms with E-state index in [4.69, 9.17) is 16.6 Å². The molecule has 1 amide bonds. The molecule has 24 heavy (non-hydrogen) atoms. The summed E-state index contributed by atoms with van der Waals surface area (Å²) < 4.78 is 0.947. The van der Waals surface area contributed by atoms with Crippen molar-refractivity contribution in [2.45, 2.75) is 0 Å². The number of carbonyl (C=O) groups excluding carboxylic acids is 1. The number of nitrogens with zero attached hydrogens (tertiary/aromatic N) is 4. The Labute approximate surface area is 155 Å². The van der Waals surface area contributed by atoms with Gasteiger partial charge in [0.05, 0.1) is 17.1 Å². The summed E-state index contributed by atoms with van der Waals surface area (Å²) in [5.74, 6) is 1.09. The van der Waals surface area contributed by atoms with Crippen LogP contribution < -0.4 is 4.90 Å². The lowest BCUT2D eigenvalue weighted by Gasteiger charge is -2.36. The van der Waals surface area contributed by atoms with Gasteiger partial charge in [0, 0.05) is 36.0 Å². The van der Waals surface area contributed by atoms with Gasteiger partial charge in [0.15, 0.2) is 0 Å². The van der Waals surface area contributed by atoms with Crippen molar-refractivity contribution in [3.8, 4) is 0 Å². The fourth-order valence-corrected chi connectivity index (χ4v) is 3.75. The summed E-state index contributed by atoms with van der Waals surface area (Å²) in [6, 6.07) is 7.93. The zero-order valence-corrected chi connectivity index (χ0v) is 16.1. The van der Waals surface area contributed by atoms with Crippen molar-refractivity contribution in [2.75, 3.05) is 51.7 Å². The predicted molar refractivity (Wildman–Crippen MR) is 102 cm³/mol. The summed E-state index contributed by atoms with van der Waals surface area (Å²) in [6.07, 6.45) is 0. The van der Waals surface area contributed by atoms with Gasteiger partial charge in [-0.3, -0.25) is 4.79 Å². The molecule has 1 aromatic heterocycles. The Morgan fingerprint density at radius 1 is 1.25 bits per heavy atom. The Kier molecular flexibility index (Phi) is 5.27. The van der Waals surface area contributed by atoms with Crippen molar-refractivity contribution in [3.05, 3.63) is 33.8 Å². The predicted octanol–water partition coefficient (Wildman–Crippen LogP) is 2.86. The number of rotatable bonds is 3. The van der Waals surface area contributed by atoms with E-state index in [-0.39, 0.29) is 5.91 Å². The Morgan fingerprint density at radius 3 is 2.62 bits per heavy atom. The summed E-state index contributed by atoms with van der Waals surface area (Å²) in [5, 5.41) is 1.65. The van der Waals surface area contributed by atoms with Gasteiger partial charge in [-0.15, -0.1) is 0 Å². The molecule has 0 N–H and O–H groups in total. The summed E-state index contributed by atoms with van der Waals surface area (Å²) in [6.45, 7) is 3.47. The first-order valence-corrected chi connectivity index (χ1v) is 9.04. The van der Waals surface area contributed by atoms with E-state index < -0.39 is 0 Å². The Morgan fingerprint density at radius 2 is 1.96 bits per heavy atom. The molecule has 2 aromatic rings. The molecule has 5 nitrogen and oxygen atoms in total. The average Bonchev–Trinajstić information content (AvgIpc) is 2.54. The second-order valence-electron chi connectivity index (χ2n) is 6.23. The van der Waals surface area contributed by atoms with Crippen LogP contribution in [0.1, 0.15) is 0 Å². The molecule has 0 unspecified atom stereocenters. The monoisotopic (exact) mass is 410 g/mol. The summed E-state index contributed by atoms with van der Waals surface area (Å²) in [7, 11) is 3.82. The summed E-state index contributed by atoms with van der Waals surface area (Å²) >= 11 is 9.77. The number of likely N-dealkylation sites (N-methyl/N-ethyl adjacent to an activating group) is 1. The number of pyridine rings is 1. The van der Waals surface area contributed by atoms with Gasteiger partial charge >= 0.3 is 0 Å². The Hall–Kier alpha value is -1.37. The molecule has 1 aliphatic rings. The highest BCUT2D eigenvalue weighted by molar-refractivity contribution is 9.10. The molecular formula is C17H20BrClN4O. The van der Waals surface area contributed by atoms with Crippen molar-refractivity contribution in [3.63, 3.8) is 0 Å². The number of piperazine rings is 1. The number of halogens is 2. The number of anilines is 1. The fraction of sp³-hybridized carbons (Fsp3) is 0.412. The first-order chi connectivity index (χ1) is 11.4. The molecule has 0 spiro atoms. The van der Waals surface area contributed by atoms with Crippen molar-refractivity contribution >= 4 is 50.2 Å². The molecule has 3 rings (SSSR count). The van der Waals surface area contributed by atoms with Gasteiger partial charge in [0.25, 0.3) is 0 Å². The second-order valence-corrected chi connectivity index (χ2v) is 7.56. The van der Waals surface area contributed by atoms with E-state index in [2.05, 4.69) is 20.8 Å². The third kappa shape index (κ3) is 3.82. The van der Waals surface area contributed by atoms with E-state index in [1.807, 2.05) is 48.2 Å². The van der Waals surface area contributed by atoms with Crippen LogP contribution in [0.3, 0.4) is 0 Å². The standard InChI is InChI=1S/C17H20BrClN4O/c1-21(2)11-16(24)23-7-5-22(6-8-23)15-4-3-12-9-13(18)10-14(19)17(12)20-15/h3-4,9-10H,5-8,11H2,1-2H3. The van der Waals surface area contributed by atoms with Gasteiger partial charge in [-0.2, -0.15) is 0 Å². The number of fused-ring (bicyclic) bond motifs is 1. The Balaban J connectivity index is 1.72. The molecular weight excluding hydrogens is 392 g/mol. The highest BCUT2D eigenvalue weighted by Crippen LogP contribution is 2.28. The van der Waals surface area contributed by atoms with Crippen LogP contribution in [0, 0.1) is 0 Å².